The van der Waals surface area contributed by atoms with Gasteiger partial charge in [0.15, 0.2) is 5.13 Å². The molecule has 2 aromatic rings. The van der Waals surface area contributed by atoms with Crippen molar-refractivity contribution in [3.05, 3.63) is 33.8 Å². The van der Waals surface area contributed by atoms with E-state index in [-0.39, 0.29) is 36.5 Å². The summed E-state index contributed by atoms with van der Waals surface area (Å²) < 4.78 is 0. The molecule has 3 amide bonds. The number of carbonyl (C=O) groups is 3. The maximum absolute atomic E-state index is 12.6. The average Bonchev–Trinajstić information content (AvgIpc) is 3.32. The molecule has 0 radical (unpaired) electrons. The van der Waals surface area contributed by atoms with Crippen LogP contribution in [-0.4, -0.2) is 69.7 Å². The molecule has 0 bridgehead atoms. The highest BCUT2D eigenvalue weighted by atomic mass is 32.1. The number of anilines is 1. The maximum atomic E-state index is 12.6. The van der Waals surface area contributed by atoms with Crippen LogP contribution in [0.1, 0.15) is 57.6 Å². The van der Waals surface area contributed by atoms with Crippen molar-refractivity contribution in [2.24, 2.45) is 0 Å². The molecule has 1 atom stereocenters. The number of amides is 3. The van der Waals surface area contributed by atoms with Crippen LogP contribution in [0.3, 0.4) is 0 Å². The van der Waals surface area contributed by atoms with Gasteiger partial charge in [-0.05, 0) is 27.2 Å². The van der Waals surface area contributed by atoms with Gasteiger partial charge in [0.05, 0.1) is 17.0 Å². The van der Waals surface area contributed by atoms with E-state index < -0.39 is 0 Å². The highest BCUT2D eigenvalue weighted by Crippen LogP contribution is 2.26. The lowest BCUT2D eigenvalue weighted by atomic mass is 10.1. The fourth-order valence-electron chi connectivity index (χ4n) is 3.42. The number of likely N-dealkylation sites (tertiary alicyclic amines) is 1. The number of hydrogen-bond acceptors (Lipinski definition) is 7. The Kier molecular flexibility index (Phi) is 6.99. The molecule has 10 heteroatoms. The van der Waals surface area contributed by atoms with Gasteiger partial charge >= 0.3 is 0 Å². The Morgan fingerprint density at radius 1 is 1.16 bits per heavy atom. The Bertz CT molecular complexity index is 983. The van der Waals surface area contributed by atoms with E-state index in [1.54, 1.807) is 32.1 Å². The summed E-state index contributed by atoms with van der Waals surface area (Å²) >= 11 is 1.43. The van der Waals surface area contributed by atoms with Crippen molar-refractivity contribution >= 4 is 34.2 Å². The van der Waals surface area contributed by atoms with E-state index in [0.29, 0.717) is 35.3 Å². The molecule has 0 aromatic carbocycles. The SMILES string of the molecule is Cc1nc([C@H]2CCN(C(=O)CCC(=O)Nc3nc(C)c(C)s3)C2)ncc1C(=O)N(C)C. The predicted molar refractivity (Wildman–Crippen MR) is 118 cm³/mol. The first-order valence-electron chi connectivity index (χ1n) is 10.2. The van der Waals surface area contributed by atoms with Gasteiger partial charge in [-0.25, -0.2) is 15.0 Å². The quantitative estimate of drug-likeness (QED) is 0.732. The predicted octanol–water partition coefficient (Wildman–Crippen LogP) is 2.29. The standard InChI is InChI=1S/C21H28N6O3S/c1-12-14(3)31-21(24-12)25-17(28)6-7-18(29)27-9-8-15(11-27)19-22-10-16(13(2)23-19)20(30)26(4)5/h10,15H,6-9,11H2,1-5H3,(H,24,25,28)/t15-/m0/s1. The van der Waals surface area contributed by atoms with E-state index in [4.69, 9.17) is 0 Å². The summed E-state index contributed by atoms with van der Waals surface area (Å²) in [6.07, 6.45) is 2.60. The summed E-state index contributed by atoms with van der Waals surface area (Å²) in [5, 5.41) is 3.33. The summed E-state index contributed by atoms with van der Waals surface area (Å²) in [4.78, 5) is 54.4. The van der Waals surface area contributed by atoms with Crippen molar-refractivity contribution in [2.45, 2.75) is 46.0 Å². The molecule has 0 spiro atoms. The topological polar surface area (TPSA) is 108 Å². The number of rotatable bonds is 6. The Morgan fingerprint density at radius 2 is 1.90 bits per heavy atom. The van der Waals surface area contributed by atoms with E-state index >= 15 is 0 Å². The average molecular weight is 445 g/mol. The Morgan fingerprint density at radius 3 is 2.52 bits per heavy atom. The highest BCUT2D eigenvalue weighted by Gasteiger charge is 2.29. The first kappa shape index (κ1) is 22.8. The number of aryl methyl sites for hydroxylation is 3. The summed E-state index contributed by atoms with van der Waals surface area (Å²) in [6, 6.07) is 0. The number of carbonyl (C=O) groups excluding carboxylic acids is 3. The lowest BCUT2D eigenvalue weighted by molar-refractivity contribution is -0.131. The lowest BCUT2D eigenvalue weighted by Gasteiger charge is -2.17. The molecule has 1 fully saturated rings. The van der Waals surface area contributed by atoms with E-state index in [1.165, 1.54) is 16.2 Å². The third-order valence-corrected chi connectivity index (χ3v) is 6.37. The van der Waals surface area contributed by atoms with Gasteiger partial charge in [0.2, 0.25) is 11.8 Å². The van der Waals surface area contributed by atoms with Gasteiger partial charge in [0.1, 0.15) is 5.82 Å². The summed E-state index contributed by atoms with van der Waals surface area (Å²) in [6.45, 7) is 6.77. The monoisotopic (exact) mass is 444 g/mol. The molecule has 1 saturated heterocycles. The van der Waals surface area contributed by atoms with E-state index in [2.05, 4.69) is 20.3 Å². The third kappa shape index (κ3) is 5.43. The molecule has 1 aliphatic heterocycles. The normalized spacial score (nSPS) is 15.8. The highest BCUT2D eigenvalue weighted by molar-refractivity contribution is 7.15. The fourth-order valence-corrected chi connectivity index (χ4v) is 4.25. The minimum atomic E-state index is -0.210. The zero-order chi connectivity index (χ0) is 22.7. The molecule has 0 unspecified atom stereocenters. The number of nitrogens with zero attached hydrogens (tertiary/aromatic N) is 5. The third-order valence-electron chi connectivity index (χ3n) is 5.38. The molecular weight excluding hydrogens is 416 g/mol. The Labute approximate surface area is 185 Å². The van der Waals surface area contributed by atoms with Crippen molar-refractivity contribution in [2.75, 3.05) is 32.5 Å². The van der Waals surface area contributed by atoms with Gasteiger partial charge in [0.25, 0.3) is 5.91 Å². The van der Waals surface area contributed by atoms with Gasteiger partial charge in [0, 0.05) is 57.0 Å². The second-order valence-corrected chi connectivity index (χ2v) is 9.16. The molecule has 9 nitrogen and oxygen atoms in total. The Hall–Kier alpha value is -2.88. The van der Waals surface area contributed by atoms with Crippen molar-refractivity contribution in [3.8, 4) is 0 Å². The van der Waals surface area contributed by atoms with Crippen molar-refractivity contribution in [1.82, 2.24) is 24.8 Å². The molecule has 31 heavy (non-hydrogen) atoms. The van der Waals surface area contributed by atoms with Crippen LogP contribution in [0.5, 0.6) is 0 Å². The summed E-state index contributed by atoms with van der Waals surface area (Å²) in [5.41, 5.74) is 2.02. The van der Waals surface area contributed by atoms with Crippen LogP contribution in [0.25, 0.3) is 0 Å². The molecule has 0 saturated carbocycles. The first-order valence-corrected chi connectivity index (χ1v) is 11.0. The van der Waals surface area contributed by atoms with Crippen LogP contribution in [0.2, 0.25) is 0 Å². The van der Waals surface area contributed by atoms with Crippen LogP contribution in [-0.2, 0) is 9.59 Å². The number of nitrogens with one attached hydrogen (secondary N) is 1. The maximum Gasteiger partial charge on any atom is 0.256 e. The van der Waals surface area contributed by atoms with E-state index in [9.17, 15) is 14.4 Å². The first-order chi connectivity index (χ1) is 14.7. The second kappa shape index (κ2) is 9.51. The van der Waals surface area contributed by atoms with Crippen LogP contribution in [0.15, 0.2) is 6.20 Å². The lowest BCUT2D eigenvalue weighted by Crippen LogP contribution is -2.29. The molecule has 3 rings (SSSR count). The smallest absolute Gasteiger partial charge is 0.256 e. The zero-order valence-corrected chi connectivity index (χ0v) is 19.4. The summed E-state index contributed by atoms with van der Waals surface area (Å²) in [5.74, 6) is 0.281. The molecule has 0 aliphatic carbocycles. The van der Waals surface area contributed by atoms with Gasteiger partial charge in [-0.2, -0.15) is 0 Å². The van der Waals surface area contributed by atoms with E-state index in [1.807, 2.05) is 13.8 Å². The number of aromatic nitrogens is 3. The van der Waals surface area contributed by atoms with Crippen LogP contribution >= 0.6 is 11.3 Å². The largest absolute Gasteiger partial charge is 0.345 e. The van der Waals surface area contributed by atoms with Crippen molar-refractivity contribution in [3.63, 3.8) is 0 Å². The second-order valence-electron chi connectivity index (χ2n) is 7.96. The van der Waals surface area contributed by atoms with Gasteiger partial charge < -0.3 is 15.1 Å². The zero-order valence-electron chi connectivity index (χ0n) is 18.6. The van der Waals surface area contributed by atoms with Crippen LogP contribution in [0.4, 0.5) is 5.13 Å². The fraction of sp³-hybridized carbons (Fsp3) is 0.524. The minimum Gasteiger partial charge on any atom is -0.345 e. The van der Waals surface area contributed by atoms with Gasteiger partial charge in [-0.15, -0.1) is 11.3 Å². The number of hydrogen-bond donors (Lipinski definition) is 1. The number of thiazole rings is 1. The van der Waals surface area contributed by atoms with Gasteiger partial charge in [-0.1, -0.05) is 0 Å². The summed E-state index contributed by atoms with van der Waals surface area (Å²) in [7, 11) is 3.38. The molecule has 1 aliphatic rings. The molecular formula is C21H28N6O3S. The van der Waals surface area contributed by atoms with Crippen LogP contribution in [0, 0.1) is 20.8 Å². The van der Waals surface area contributed by atoms with Gasteiger partial charge in [-0.3, -0.25) is 14.4 Å². The Balaban J connectivity index is 1.52. The molecule has 2 aromatic heterocycles. The van der Waals surface area contributed by atoms with Crippen molar-refractivity contribution < 1.29 is 14.4 Å². The van der Waals surface area contributed by atoms with Crippen molar-refractivity contribution in [1.29, 1.82) is 0 Å². The molecule has 3 heterocycles. The molecule has 1 N–H and O–H groups in total. The van der Waals surface area contributed by atoms with E-state index in [0.717, 1.165) is 17.0 Å². The van der Waals surface area contributed by atoms with Crippen LogP contribution < -0.4 is 5.32 Å². The minimum absolute atomic E-state index is 0.0289. The molecule has 166 valence electrons.